The molecule has 2 aliphatic heterocycles. The Morgan fingerprint density at radius 3 is 2.69 bits per heavy atom. The molecule has 0 spiro atoms. The van der Waals surface area contributed by atoms with Crippen LogP contribution in [0.2, 0.25) is 0 Å². The van der Waals surface area contributed by atoms with Gasteiger partial charge in [-0.25, -0.2) is 9.18 Å². The Bertz CT molecular complexity index is 1470. The maximum absolute atomic E-state index is 14.9. The van der Waals surface area contributed by atoms with Crippen LogP contribution in [0, 0.1) is 12.7 Å². The lowest BCUT2D eigenvalue weighted by Gasteiger charge is -2.34. The molecule has 2 aliphatic rings. The van der Waals surface area contributed by atoms with Crippen molar-refractivity contribution in [3.63, 3.8) is 0 Å². The molecular weight excluding hydrogens is 563 g/mol. The van der Waals surface area contributed by atoms with Gasteiger partial charge < -0.3 is 29.8 Å². The first kappa shape index (κ1) is 29.9. The molecule has 4 N–H and O–H groups in total. The molecule has 2 saturated heterocycles. The SMILES string of the molecule is CCOC(=O)c1c(C)[nH]c2ccc(OC[C@H](O)CNC3CCN(c4ccc(CC5SC(=O)NC5=O)cc4F)CC3)cc12. The second-order valence-electron chi connectivity index (χ2n) is 10.6. The number of anilines is 1. The molecule has 1 unspecified atom stereocenters. The molecular formula is C30H35FN4O6S. The normalized spacial score (nSPS) is 18.4. The lowest BCUT2D eigenvalue weighted by Crippen LogP contribution is -2.45. The molecule has 12 heteroatoms. The van der Waals surface area contributed by atoms with Gasteiger partial charge in [-0.3, -0.25) is 14.9 Å². The first-order chi connectivity index (χ1) is 20.2. The highest BCUT2D eigenvalue weighted by Gasteiger charge is 2.32. The smallest absolute Gasteiger partial charge is 0.340 e. The van der Waals surface area contributed by atoms with E-state index in [1.165, 1.54) is 6.07 Å². The summed E-state index contributed by atoms with van der Waals surface area (Å²) >= 11 is 0.937. The lowest BCUT2D eigenvalue weighted by atomic mass is 10.0. The van der Waals surface area contributed by atoms with Crippen molar-refractivity contribution in [2.24, 2.45) is 0 Å². The third-order valence-corrected chi connectivity index (χ3v) is 8.54. The number of thioether (sulfide) groups is 1. The zero-order chi connectivity index (χ0) is 29.8. The van der Waals surface area contributed by atoms with Crippen molar-refractivity contribution in [2.75, 3.05) is 37.7 Å². The number of carbonyl (C=O) groups is 3. The number of nitrogens with one attached hydrogen (secondary N) is 3. The van der Waals surface area contributed by atoms with E-state index in [2.05, 4.69) is 15.6 Å². The van der Waals surface area contributed by atoms with Crippen molar-refractivity contribution in [3.05, 3.63) is 59.0 Å². The molecule has 0 bridgehead atoms. The Hall–Kier alpha value is -3.61. The number of aliphatic hydroxyl groups excluding tert-OH is 1. The van der Waals surface area contributed by atoms with E-state index in [4.69, 9.17) is 9.47 Å². The Kier molecular flexibility index (Phi) is 9.34. The average Bonchev–Trinajstić information content (AvgIpc) is 3.47. The Morgan fingerprint density at radius 2 is 2.00 bits per heavy atom. The van der Waals surface area contributed by atoms with E-state index >= 15 is 0 Å². The molecule has 1 aromatic heterocycles. The van der Waals surface area contributed by atoms with E-state index < -0.39 is 11.4 Å². The van der Waals surface area contributed by atoms with Gasteiger partial charge in [-0.05, 0) is 69.0 Å². The highest BCUT2D eigenvalue weighted by atomic mass is 32.2. The Balaban J connectivity index is 1.07. The fourth-order valence-corrected chi connectivity index (χ4v) is 6.28. The number of rotatable bonds is 11. The van der Waals surface area contributed by atoms with Crippen LogP contribution in [0.25, 0.3) is 10.9 Å². The molecule has 0 aliphatic carbocycles. The number of benzene rings is 2. The first-order valence-corrected chi connectivity index (χ1v) is 15.0. The van der Waals surface area contributed by atoms with Gasteiger partial charge in [-0.2, -0.15) is 0 Å². The number of aliphatic hydroxyl groups is 1. The fourth-order valence-electron chi connectivity index (χ4n) is 5.42. The second-order valence-corrected chi connectivity index (χ2v) is 11.7. The number of H-pyrrole nitrogens is 1. The van der Waals surface area contributed by atoms with Crippen LogP contribution in [-0.2, 0) is 16.0 Å². The third kappa shape index (κ3) is 6.88. The summed E-state index contributed by atoms with van der Waals surface area (Å²) in [5.74, 6) is -0.519. The highest BCUT2D eigenvalue weighted by Crippen LogP contribution is 2.29. The number of hydrogen-bond acceptors (Lipinski definition) is 9. The summed E-state index contributed by atoms with van der Waals surface area (Å²) in [6, 6.07) is 10.6. The summed E-state index contributed by atoms with van der Waals surface area (Å²) in [6.07, 6.45) is 1.13. The van der Waals surface area contributed by atoms with Gasteiger partial charge in [-0.15, -0.1) is 0 Å². The van der Waals surface area contributed by atoms with Crippen molar-refractivity contribution >= 4 is 45.5 Å². The minimum absolute atomic E-state index is 0.0856. The van der Waals surface area contributed by atoms with Crippen LogP contribution in [-0.4, -0.2) is 77.4 Å². The molecule has 2 atom stereocenters. The van der Waals surface area contributed by atoms with E-state index in [9.17, 15) is 23.9 Å². The molecule has 224 valence electrons. The van der Waals surface area contributed by atoms with Crippen molar-refractivity contribution in [1.82, 2.24) is 15.6 Å². The molecule has 3 aromatic rings. The van der Waals surface area contributed by atoms with E-state index in [1.807, 2.05) is 24.0 Å². The number of aromatic amines is 1. The largest absolute Gasteiger partial charge is 0.491 e. The van der Waals surface area contributed by atoms with Crippen LogP contribution in [0.15, 0.2) is 36.4 Å². The molecule has 0 saturated carbocycles. The second kappa shape index (κ2) is 13.1. The number of aromatic nitrogens is 1. The maximum Gasteiger partial charge on any atom is 0.340 e. The number of imide groups is 1. The molecule has 2 fully saturated rings. The van der Waals surface area contributed by atoms with Crippen LogP contribution < -0.4 is 20.3 Å². The number of carbonyl (C=O) groups excluding carboxylic acids is 3. The number of aryl methyl sites for hydroxylation is 1. The average molecular weight is 599 g/mol. The summed E-state index contributed by atoms with van der Waals surface area (Å²) in [4.78, 5) is 40.8. The monoisotopic (exact) mass is 598 g/mol. The van der Waals surface area contributed by atoms with E-state index in [0.29, 0.717) is 54.0 Å². The molecule has 0 radical (unpaired) electrons. The topological polar surface area (TPSA) is 133 Å². The van der Waals surface area contributed by atoms with Crippen LogP contribution in [0.3, 0.4) is 0 Å². The van der Waals surface area contributed by atoms with Gasteiger partial charge in [0, 0.05) is 42.3 Å². The molecule has 5 rings (SSSR count). The van der Waals surface area contributed by atoms with E-state index in [1.54, 1.807) is 25.1 Å². The van der Waals surface area contributed by atoms with Gasteiger partial charge in [0.05, 0.1) is 23.1 Å². The van der Waals surface area contributed by atoms with Crippen molar-refractivity contribution in [1.29, 1.82) is 0 Å². The minimum Gasteiger partial charge on any atom is -0.491 e. The third-order valence-electron chi connectivity index (χ3n) is 7.56. The zero-order valence-corrected chi connectivity index (χ0v) is 24.4. The van der Waals surface area contributed by atoms with Crippen LogP contribution in [0.1, 0.15) is 41.4 Å². The summed E-state index contributed by atoms with van der Waals surface area (Å²) in [7, 11) is 0. The molecule has 42 heavy (non-hydrogen) atoms. The number of amides is 2. The standard InChI is InChI=1S/C30H35FN4O6S/c1-3-40-29(38)27-17(2)33-24-6-5-21(14-22(24)27)41-16-20(36)15-32-19-8-10-35(11-9-19)25-7-4-18(12-23(25)31)13-26-28(37)34-30(39)42-26/h4-7,12,14,19-20,26,32-33,36H,3,8-11,13,15-16H2,1-2H3,(H,34,37,39)/t20-,26?/m1/s1. The zero-order valence-electron chi connectivity index (χ0n) is 23.6. The molecule has 10 nitrogen and oxygen atoms in total. The Labute approximate surface area is 247 Å². The lowest BCUT2D eigenvalue weighted by molar-refractivity contribution is -0.118. The summed E-state index contributed by atoms with van der Waals surface area (Å²) < 4.78 is 25.9. The Morgan fingerprint density at radius 1 is 1.21 bits per heavy atom. The van der Waals surface area contributed by atoms with Crippen molar-refractivity contribution in [3.8, 4) is 5.75 Å². The number of ether oxygens (including phenoxy) is 2. The maximum atomic E-state index is 14.9. The van der Waals surface area contributed by atoms with Crippen LogP contribution >= 0.6 is 11.8 Å². The number of piperidine rings is 1. The quantitative estimate of drug-likeness (QED) is 0.244. The van der Waals surface area contributed by atoms with Crippen molar-refractivity contribution < 1.29 is 33.4 Å². The summed E-state index contributed by atoms with van der Waals surface area (Å²) in [6.45, 7) is 5.63. The number of nitrogens with zero attached hydrogens (tertiary/aromatic N) is 1. The number of halogens is 1. The van der Waals surface area contributed by atoms with Crippen LogP contribution in [0.5, 0.6) is 5.75 Å². The van der Waals surface area contributed by atoms with E-state index in [0.717, 1.165) is 35.8 Å². The van der Waals surface area contributed by atoms with Gasteiger partial charge in [-0.1, -0.05) is 17.8 Å². The molecule has 2 amide bonds. The summed E-state index contributed by atoms with van der Waals surface area (Å²) in [5, 5.41) is 16.0. The van der Waals surface area contributed by atoms with Gasteiger partial charge in [0.15, 0.2) is 0 Å². The number of fused-ring (bicyclic) bond motifs is 1. The van der Waals surface area contributed by atoms with Gasteiger partial charge in [0.1, 0.15) is 24.3 Å². The number of esters is 1. The molecule has 3 heterocycles. The van der Waals surface area contributed by atoms with Gasteiger partial charge >= 0.3 is 5.97 Å². The first-order valence-electron chi connectivity index (χ1n) is 14.1. The predicted molar refractivity (Wildman–Crippen MR) is 159 cm³/mol. The number of hydrogen-bond donors (Lipinski definition) is 4. The summed E-state index contributed by atoms with van der Waals surface area (Å²) in [5.41, 5.74) is 3.21. The van der Waals surface area contributed by atoms with Gasteiger partial charge in [0.2, 0.25) is 5.91 Å². The van der Waals surface area contributed by atoms with Gasteiger partial charge in [0.25, 0.3) is 5.24 Å². The van der Waals surface area contributed by atoms with Crippen LogP contribution in [0.4, 0.5) is 14.9 Å². The highest BCUT2D eigenvalue weighted by molar-refractivity contribution is 8.15. The minimum atomic E-state index is -0.739. The van der Waals surface area contributed by atoms with Crippen molar-refractivity contribution in [2.45, 2.75) is 50.5 Å². The molecule has 2 aromatic carbocycles. The van der Waals surface area contributed by atoms with E-state index in [-0.39, 0.29) is 42.2 Å². The fraction of sp³-hybridized carbons (Fsp3) is 0.433. The predicted octanol–water partition coefficient (Wildman–Crippen LogP) is 3.68.